The number of rotatable bonds is 3. The van der Waals surface area contributed by atoms with Crippen LogP contribution < -0.4 is 5.32 Å². The number of ether oxygens (including phenoxy) is 1. The minimum Gasteiger partial charge on any atom is -0.367 e. The number of aromatic nitrogens is 2. The first-order chi connectivity index (χ1) is 12.0. The third kappa shape index (κ3) is 3.68. The number of carbonyl (C=O) groups is 1. The van der Waals surface area contributed by atoms with E-state index in [4.69, 9.17) is 4.74 Å². The Kier molecular flexibility index (Phi) is 4.48. The van der Waals surface area contributed by atoms with Gasteiger partial charge in [-0.05, 0) is 44.4 Å². The minimum absolute atomic E-state index is 0.0693. The summed E-state index contributed by atoms with van der Waals surface area (Å²) in [5, 5.41) is 7.56. The molecule has 3 atom stereocenters. The maximum Gasteiger partial charge on any atom is 0.317 e. The van der Waals surface area contributed by atoms with Crippen LogP contribution in [0.15, 0.2) is 12.4 Å². The van der Waals surface area contributed by atoms with Gasteiger partial charge in [0, 0.05) is 31.4 Å². The van der Waals surface area contributed by atoms with Crippen LogP contribution in [0.1, 0.15) is 51.0 Å². The maximum atomic E-state index is 12.8. The number of urea groups is 1. The highest BCUT2D eigenvalue weighted by Crippen LogP contribution is 2.43. The van der Waals surface area contributed by atoms with E-state index < -0.39 is 5.60 Å². The predicted molar refractivity (Wildman–Crippen MR) is 95.1 cm³/mol. The lowest BCUT2D eigenvalue weighted by atomic mass is 9.83. The molecule has 2 saturated carbocycles. The summed E-state index contributed by atoms with van der Waals surface area (Å²) in [4.78, 5) is 14.7. The van der Waals surface area contributed by atoms with Gasteiger partial charge in [0.25, 0.3) is 0 Å². The highest BCUT2D eigenvalue weighted by atomic mass is 16.5. The van der Waals surface area contributed by atoms with Gasteiger partial charge in [0.2, 0.25) is 0 Å². The molecule has 0 spiro atoms. The molecular weight excluding hydrogens is 316 g/mol. The molecule has 0 radical (unpaired) electrons. The van der Waals surface area contributed by atoms with Gasteiger partial charge in [-0.25, -0.2) is 4.79 Å². The molecule has 1 aromatic rings. The Bertz CT molecular complexity index is 627. The second-order valence-corrected chi connectivity index (χ2v) is 8.31. The van der Waals surface area contributed by atoms with Crippen LogP contribution in [0.2, 0.25) is 0 Å². The third-order valence-electron chi connectivity index (χ3n) is 6.21. The topological polar surface area (TPSA) is 59.4 Å². The Morgan fingerprint density at radius 1 is 1.32 bits per heavy atom. The quantitative estimate of drug-likeness (QED) is 0.915. The van der Waals surface area contributed by atoms with Gasteiger partial charge in [-0.15, -0.1) is 0 Å². The van der Waals surface area contributed by atoms with Crippen LogP contribution in [0.25, 0.3) is 0 Å². The number of nitrogens with zero attached hydrogens (tertiary/aromatic N) is 3. The average Bonchev–Trinajstić information content (AvgIpc) is 3.36. The fourth-order valence-electron chi connectivity index (χ4n) is 4.53. The van der Waals surface area contributed by atoms with Crippen molar-refractivity contribution in [1.82, 2.24) is 20.0 Å². The molecular formula is C19H30N4O2. The summed E-state index contributed by atoms with van der Waals surface area (Å²) < 4.78 is 7.80. The molecule has 138 valence electrons. The summed E-state index contributed by atoms with van der Waals surface area (Å²) in [5.74, 6) is 1.78. The van der Waals surface area contributed by atoms with Gasteiger partial charge in [-0.2, -0.15) is 5.10 Å². The van der Waals surface area contributed by atoms with Crippen LogP contribution in [0.4, 0.5) is 4.79 Å². The number of hydrogen-bond donors (Lipinski definition) is 1. The van der Waals surface area contributed by atoms with Crippen molar-refractivity contribution >= 4 is 6.03 Å². The normalized spacial score (nSPS) is 33.3. The second-order valence-electron chi connectivity index (χ2n) is 8.31. The number of aryl methyl sites for hydroxylation is 1. The summed E-state index contributed by atoms with van der Waals surface area (Å²) in [6, 6.07) is 0.416. The number of hydrogen-bond acceptors (Lipinski definition) is 3. The van der Waals surface area contributed by atoms with E-state index in [2.05, 4.69) is 10.4 Å². The van der Waals surface area contributed by atoms with E-state index in [1.807, 2.05) is 31.3 Å². The average molecular weight is 346 g/mol. The minimum atomic E-state index is -0.479. The van der Waals surface area contributed by atoms with Crippen LogP contribution in [-0.2, 0) is 17.4 Å². The highest BCUT2D eigenvalue weighted by Gasteiger charge is 2.38. The maximum absolute atomic E-state index is 12.8. The van der Waals surface area contributed by atoms with Crippen molar-refractivity contribution in [3.63, 3.8) is 0 Å². The van der Waals surface area contributed by atoms with Gasteiger partial charge in [-0.1, -0.05) is 12.8 Å². The van der Waals surface area contributed by atoms with Crippen LogP contribution in [0.3, 0.4) is 0 Å². The van der Waals surface area contributed by atoms with E-state index in [1.54, 1.807) is 4.68 Å². The lowest BCUT2D eigenvalue weighted by Gasteiger charge is -2.41. The Morgan fingerprint density at radius 3 is 2.88 bits per heavy atom. The fraction of sp³-hybridized carbons (Fsp3) is 0.789. The number of carbonyl (C=O) groups excluding carboxylic acids is 1. The van der Waals surface area contributed by atoms with Crippen molar-refractivity contribution in [3.8, 4) is 0 Å². The molecule has 1 saturated heterocycles. The van der Waals surface area contributed by atoms with E-state index in [0.717, 1.165) is 23.8 Å². The Morgan fingerprint density at radius 2 is 2.16 bits per heavy atom. The van der Waals surface area contributed by atoms with Crippen LogP contribution in [0, 0.1) is 11.8 Å². The van der Waals surface area contributed by atoms with Gasteiger partial charge in [0.1, 0.15) is 5.60 Å². The zero-order valence-corrected chi connectivity index (χ0v) is 15.4. The number of morpholine rings is 1. The molecule has 3 fully saturated rings. The van der Waals surface area contributed by atoms with Crippen LogP contribution >= 0.6 is 0 Å². The lowest BCUT2D eigenvalue weighted by Crippen LogP contribution is -2.55. The number of nitrogens with one attached hydrogen (secondary N) is 1. The molecule has 2 aliphatic carbocycles. The van der Waals surface area contributed by atoms with Crippen molar-refractivity contribution in [2.24, 2.45) is 18.9 Å². The highest BCUT2D eigenvalue weighted by molar-refractivity contribution is 5.74. The summed E-state index contributed by atoms with van der Waals surface area (Å²) >= 11 is 0. The molecule has 1 aromatic heterocycles. The fourth-order valence-corrected chi connectivity index (χ4v) is 4.53. The zero-order chi connectivity index (χ0) is 17.4. The van der Waals surface area contributed by atoms with Crippen molar-refractivity contribution < 1.29 is 9.53 Å². The second kappa shape index (κ2) is 6.63. The summed E-state index contributed by atoms with van der Waals surface area (Å²) in [5.41, 5.74) is 0.548. The molecule has 6 heteroatoms. The first-order valence-electron chi connectivity index (χ1n) is 9.72. The Balaban J connectivity index is 1.36. The molecule has 2 heterocycles. The Hall–Kier alpha value is -1.56. The van der Waals surface area contributed by atoms with Crippen molar-refractivity contribution in [2.45, 2.75) is 57.1 Å². The molecule has 3 aliphatic rings. The molecule has 1 N–H and O–H groups in total. The molecule has 25 heavy (non-hydrogen) atoms. The van der Waals surface area contributed by atoms with Gasteiger partial charge < -0.3 is 15.0 Å². The summed E-state index contributed by atoms with van der Waals surface area (Å²) in [6.45, 7) is 3.84. The SMILES string of the molecule is Cn1cc([C@]2(C)CN(C(=O)N[C@H]3CCC[C@@H](C4CC4)C3)CCO2)cn1. The van der Waals surface area contributed by atoms with Gasteiger partial charge in [0.15, 0.2) is 0 Å². The smallest absolute Gasteiger partial charge is 0.317 e. The van der Waals surface area contributed by atoms with E-state index >= 15 is 0 Å². The first-order valence-corrected chi connectivity index (χ1v) is 9.72. The predicted octanol–water partition coefficient (Wildman–Crippen LogP) is 2.65. The van der Waals surface area contributed by atoms with E-state index in [9.17, 15) is 4.79 Å². The molecule has 6 nitrogen and oxygen atoms in total. The largest absolute Gasteiger partial charge is 0.367 e. The summed E-state index contributed by atoms with van der Waals surface area (Å²) in [6.07, 6.45) is 11.5. The van der Waals surface area contributed by atoms with Crippen LogP contribution in [0.5, 0.6) is 0 Å². The zero-order valence-electron chi connectivity index (χ0n) is 15.4. The molecule has 2 amide bonds. The standard InChI is InChI=1S/C19H30N4O2/c1-19(16-11-20-22(2)12-16)13-23(8-9-25-19)18(24)21-17-5-3-4-15(10-17)14-6-7-14/h11-12,14-15,17H,3-10,13H2,1-2H3,(H,21,24)/t15-,17+,19+/m1/s1. The van der Waals surface area contributed by atoms with E-state index in [1.165, 1.54) is 32.1 Å². The first kappa shape index (κ1) is 16.9. The monoisotopic (exact) mass is 346 g/mol. The third-order valence-corrected chi connectivity index (χ3v) is 6.21. The van der Waals surface area contributed by atoms with Gasteiger partial charge >= 0.3 is 6.03 Å². The van der Waals surface area contributed by atoms with Crippen LogP contribution in [-0.4, -0.2) is 46.4 Å². The Labute approximate surface area is 149 Å². The van der Waals surface area contributed by atoms with Crippen molar-refractivity contribution in [1.29, 1.82) is 0 Å². The molecule has 0 aromatic carbocycles. The summed E-state index contributed by atoms with van der Waals surface area (Å²) in [7, 11) is 1.90. The molecule has 0 unspecified atom stereocenters. The van der Waals surface area contributed by atoms with Gasteiger partial charge in [0.05, 0.1) is 19.3 Å². The number of amides is 2. The molecule has 1 aliphatic heterocycles. The molecule has 0 bridgehead atoms. The van der Waals surface area contributed by atoms with E-state index in [-0.39, 0.29) is 6.03 Å². The van der Waals surface area contributed by atoms with E-state index in [0.29, 0.717) is 25.7 Å². The van der Waals surface area contributed by atoms with Crippen molar-refractivity contribution in [2.75, 3.05) is 19.7 Å². The lowest BCUT2D eigenvalue weighted by molar-refractivity contribution is -0.0909. The molecule has 4 rings (SSSR count). The van der Waals surface area contributed by atoms with Crippen molar-refractivity contribution in [3.05, 3.63) is 18.0 Å². The van der Waals surface area contributed by atoms with Gasteiger partial charge in [-0.3, -0.25) is 4.68 Å².